The van der Waals surface area contributed by atoms with E-state index in [0.717, 1.165) is 6.73 Å². The van der Waals surface area contributed by atoms with Crippen LogP contribution in [0.1, 0.15) is 40.0 Å². The van der Waals surface area contributed by atoms with Crippen LogP contribution < -0.4 is 0 Å². The van der Waals surface area contributed by atoms with Crippen LogP contribution in [0.25, 0.3) is 0 Å². The third-order valence-corrected chi connectivity index (χ3v) is 3.11. The fraction of sp³-hybridized carbons (Fsp3) is 1.00. The summed E-state index contributed by atoms with van der Waals surface area (Å²) in [4.78, 5) is 2.50. The van der Waals surface area contributed by atoms with Crippen LogP contribution in [-0.4, -0.2) is 29.3 Å². The molecule has 1 saturated carbocycles. The fourth-order valence-electron chi connectivity index (χ4n) is 2.42. The largest absolute Gasteiger partial charge is 0.361 e. The van der Waals surface area contributed by atoms with Gasteiger partial charge in [0.2, 0.25) is 0 Å². The Labute approximate surface area is 74.9 Å². The monoisotopic (exact) mass is 169 g/mol. The van der Waals surface area contributed by atoms with E-state index in [0.29, 0.717) is 12.1 Å². The summed E-state index contributed by atoms with van der Waals surface area (Å²) in [6, 6.07) is 0.713. The van der Waals surface area contributed by atoms with Gasteiger partial charge in [-0.15, -0.1) is 0 Å². The van der Waals surface area contributed by atoms with Gasteiger partial charge in [0, 0.05) is 11.6 Å². The highest BCUT2D eigenvalue weighted by atomic mass is 16.5. The van der Waals surface area contributed by atoms with E-state index in [4.69, 9.17) is 4.74 Å². The summed E-state index contributed by atoms with van der Waals surface area (Å²) in [5, 5.41) is 0. The molecule has 2 rings (SSSR count). The van der Waals surface area contributed by atoms with Crippen molar-refractivity contribution in [3.63, 3.8) is 0 Å². The topological polar surface area (TPSA) is 12.5 Å². The van der Waals surface area contributed by atoms with E-state index in [1.807, 2.05) is 0 Å². The Kier molecular flexibility index (Phi) is 1.92. The number of hydrogen-bond acceptors (Lipinski definition) is 2. The first-order chi connectivity index (χ1) is 5.59. The summed E-state index contributed by atoms with van der Waals surface area (Å²) < 4.78 is 5.74. The Morgan fingerprint density at radius 3 is 2.67 bits per heavy atom. The molecule has 0 bridgehead atoms. The highest BCUT2D eigenvalue weighted by Gasteiger charge is 2.42. The van der Waals surface area contributed by atoms with E-state index < -0.39 is 0 Å². The van der Waals surface area contributed by atoms with Gasteiger partial charge in [-0.05, 0) is 40.0 Å². The third kappa shape index (κ3) is 1.27. The second-order valence-corrected chi connectivity index (χ2v) is 4.97. The molecule has 2 nitrogen and oxygen atoms in total. The molecular weight excluding hydrogens is 150 g/mol. The maximum atomic E-state index is 5.74. The van der Waals surface area contributed by atoms with E-state index >= 15 is 0 Å². The first-order valence-electron chi connectivity index (χ1n) is 4.97. The summed E-state index contributed by atoms with van der Waals surface area (Å²) in [7, 11) is 0. The zero-order valence-electron chi connectivity index (χ0n) is 8.34. The molecule has 2 heteroatoms. The normalized spacial score (nSPS) is 37.2. The standard InChI is InChI=1S/C10H19NO/c1-10(2,3)11-7-12-9-6-4-5-8(9)11/h8-9H,4-7H2,1-3H3. The van der Waals surface area contributed by atoms with Crippen LogP contribution in [-0.2, 0) is 4.74 Å². The Hall–Kier alpha value is -0.0800. The zero-order valence-corrected chi connectivity index (χ0v) is 8.34. The summed E-state index contributed by atoms with van der Waals surface area (Å²) in [5.41, 5.74) is 0.282. The Balaban J connectivity index is 2.09. The van der Waals surface area contributed by atoms with E-state index in [-0.39, 0.29) is 5.54 Å². The van der Waals surface area contributed by atoms with Gasteiger partial charge in [0.25, 0.3) is 0 Å². The van der Waals surface area contributed by atoms with Crippen LogP contribution in [0.15, 0.2) is 0 Å². The Morgan fingerprint density at radius 1 is 1.25 bits per heavy atom. The van der Waals surface area contributed by atoms with Crippen molar-refractivity contribution in [1.29, 1.82) is 0 Å². The van der Waals surface area contributed by atoms with Crippen LogP contribution in [0.3, 0.4) is 0 Å². The average Bonchev–Trinajstić information content (AvgIpc) is 2.37. The second kappa shape index (κ2) is 2.71. The zero-order chi connectivity index (χ0) is 8.77. The molecule has 2 unspecified atom stereocenters. The van der Waals surface area contributed by atoms with Crippen molar-refractivity contribution in [2.45, 2.75) is 57.7 Å². The molecule has 0 aromatic carbocycles. The van der Waals surface area contributed by atoms with Crippen LogP contribution in [0, 0.1) is 0 Å². The molecule has 2 fully saturated rings. The number of fused-ring (bicyclic) bond motifs is 1. The molecule has 0 amide bonds. The first kappa shape index (κ1) is 8.52. The summed E-state index contributed by atoms with van der Waals surface area (Å²) >= 11 is 0. The molecule has 2 aliphatic rings. The van der Waals surface area contributed by atoms with Crippen molar-refractivity contribution < 1.29 is 4.74 Å². The maximum Gasteiger partial charge on any atom is 0.100 e. The molecule has 12 heavy (non-hydrogen) atoms. The fourth-order valence-corrected chi connectivity index (χ4v) is 2.42. The van der Waals surface area contributed by atoms with E-state index in [1.165, 1.54) is 19.3 Å². The van der Waals surface area contributed by atoms with Gasteiger partial charge in [-0.1, -0.05) is 0 Å². The van der Waals surface area contributed by atoms with E-state index in [9.17, 15) is 0 Å². The first-order valence-corrected chi connectivity index (χ1v) is 4.97. The predicted octanol–water partition coefficient (Wildman–Crippen LogP) is 2.00. The number of nitrogens with zero attached hydrogens (tertiary/aromatic N) is 1. The SMILES string of the molecule is CC(C)(C)N1COC2CCCC21. The maximum absolute atomic E-state index is 5.74. The Morgan fingerprint density at radius 2 is 2.00 bits per heavy atom. The molecule has 0 spiro atoms. The summed E-state index contributed by atoms with van der Waals surface area (Å²) in [6.07, 6.45) is 4.51. The quantitative estimate of drug-likeness (QED) is 0.550. The van der Waals surface area contributed by atoms with Crippen LogP contribution >= 0.6 is 0 Å². The van der Waals surface area contributed by atoms with Crippen molar-refractivity contribution in [2.75, 3.05) is 6.73 Å². The van der Waals surface area contributed by atoms with Crippen molar-refractivity contribution in [3.05, 3.63) is 0 Å². The summed E-state index contributed by atoms with van der Waals surface area (Å²) in [6.45, 7) is 7.67. The van der Waals surface area contributed by atoms with Crippen LogP contribution in [0.2, 0.25) is 0 Å². The molecule has 70 valence electrons. The van der Waals surface area contributed by atoms with Gasteiger partial charge >= 0.3 is 0 Å². The lowest BCUT2D eigenvalue weighted by atomic mass is 10.0. The van der Waals surface area contributed by atoms with Crippen molar-refractivity contribution in [1.82, 2.24) is 4.90 Å². The molecule has 1 saturated heterocycles. The van der Waals surface area contributed by atoms with Gasteiger partial charge in [-0.2, -0.15) is 0 Å². The lowest BCUT2D eigenvalue weighted by molar-refractivity contribution is 0.0508. The third-order valence-electron chi connectivity index (χ3n) is 3.11. The number of hydrogen-bond donors (Lipinski definition) is 0. The number of ether oxygens (including phenoxy) is 1. The highest BCUT2D eigenvalue weighted by Crippen LogP contribution is 2.35. The molecule has 1 aliphatic heterocycles. The van der Waals surface area contributed by atoms with Crippen molar-refractivity contribution in [2.24, 2.45) is 0 Å². The molecular formula is C10H19NO. The van der Waals surface area contributed by atoms with Crippen LogP contribution in [0.4, 0.5) is 0 Å². The average molecular weight is 169 g/mol. The van der Waals surface area contributed by atoms with Gasteiger partial charge in [-0.25, -0.2) is 0 Å². The van der Waals surface area contributed by atoms with Crippen molar-refractivity contribution in [3.8, 4) is 0 Å². The predicted molar refractivity (Wildman–Crippen MR) is 49.0 cm³/mol. The molecule has 0 N–H and O–H groups in total. The smallest absolute Gasteiger partial charge is 0.100 e. The lowest BCUT2D eigenvalue weighted by Crippen LogP contribution is -2.45. The van der Waals surface area contributed by atoms with E-state index in [1.54, 1.807) is 0 Å². The lowest BCUT2D eigenvalue weighted by Gasteiger charge is -2.34. The molecule has 0 aromatic heterocycles. The second-order valence-electron chi connectivity index (χ2n) is 4.97. The van der Waals surface area contributed by atoms with Gasteiger partial charge in [0.1, 0.15) is 6.73 Å². The molecule has 0 radical (unpaired) electrons. The van der Waals surface area contributed by atoms with Gasteiger partial charge < -0.3 is 4.74 Å². The summed E-state index contributed by atoms with van der Waals surface area (Å²) in [5.74, 6) is 0. The van der Waals surface area contributed by atoms with Crippen LogP contribution in [0.5, 0.6) is 0 Å². The molecule has 2 atom stereocenters. The molecule has 0 aromatic rings. The van der Waals surface area contributed by atoms with E-state index in [2.05, 4.69) is 25.7 Å². The van der Waals surface area contributed by atoms with Gasteiger partial charge in [0.05, 0.1) is 6.10 Å². The highest BCUT2D eigenvalue weighted by molar-refractivity contribution is 4.94. The number of rotatable bonds is 0. The van der Waals surface area contributed by atoms with Crippen molar-refractivity contribution >= 4 is 0 Å². The molecule has 1 heterocycles. The van der Waals surface area contributed by atoms with Gasteiger partial charge in [0.15, 0.2) is 0 Å². The minimum Gasteiger partial charge on any atom is -0.361 e. The Bertz CT molecular complexity index is 173. The minimum atomic E-state index is 0.282. The molecule has 1 aliphatic carbocycles. The minimum absolute atomic E-state index is 0.282. The van der Waals surface area contributed by atoms with Gasteiger partial charge in [-0.3, -0.25) is 4.90 Å².